The van der Waals surface area contributed by atoms with Crippen LogP contribution in [0.4, 0.5) is 0 Å². The van der Waals surface area contributed by atoms with Crippen LogP contribution < -0.4 is 14.8 Å². The van der Waals surface area contributed by atoms with Crippen LogP contribution in [0.25, 0.3) is 0 Å². The summed E-state index contributed by atoms with van der Waals surface area (Å²) in [6.45, 7) is 6.13. The maximum atomic E-state index is 12.5. The first-order valence-electron chi connectivity index (χ1n) is 8.72. The lowest BCUT2D eigenvalue weighted by Gasteiger charge is -2.38. The fourth-order valence-corrected chi connectivity index (χ4v) is 3.82. The molecular formula is C21H25NO3S. The molecule has 0 spiro atoms. The molecule has 26 heavy (non-hydrogen) atoms. The Labute approximate surface area is 159 Å². The van der Waals surface area contributed by atoms with Crippen LogP contribution in [0.1, 0.15) is 37.4 Å². The topological polar surface area (TPSA) is 47.6 Å². The molecule has 0 unspecified atom stereocenters. The Bertz CT molecular complexity index is 786. The molecule has 138 valence electrons. The molecule has 2 aromatic carbocycles. The molecule has 1 N–H and O–H groups in total. The van der Waals surface area contributed by atoms with E-state index in [9.17, 15) is 4.79 Å². The zero-order valence-electron chi connectivity index (χ0n) is 15.7. The third-order valence-corrected chi connectivity index (χ3v) is 5.42. The van der Waals surface area contributed by atoms with E-state index in [0.717, 1.165) is 28.4 Å². The number of ether oxygens (including phenoxy) is 2. The SMILES string of the molecule is COc1ccc2c(c1)OC(C)(C)C[C@H]2NC(=O)CSc1ccc(C)cc1. The van der Waals surface area contributed by atoms with Gasteiger partial charge < -0.3 is 14.8 Å². The average molecular weight is 372 g/mol. The predicted molar refractivity (Wildman–Crippen MR) is 105 cm³/mol. The third kappa shape index (κ3) is 4.52. The lowest BCUT2D eigenvalue weighted by Crippen LogP contribution is -2.41. The number of hydrogen-bond donors (Lipinski definition) is 1. The highest BCUT2D eigenvalue weighted by atomic mass is 32.2. The van der Waals surface area contributed by atoms with Crippen molar-refractivity contribution in [1.29, 1.82) is 0 Å². The van der Waals surface area contributed by atoms with Gasteiger partial charge in [-0.1, -0.05) is 17.7 Å². The average Bonchev–Trinajstić information content (AvgIpc) is 2.59. The van der Waals surface area contributed by atoms with Gasteiger partial charge in [-0.05, 0) is 45.0 Å². The zero-order valence-corrected chi connectivity index (χ0v) is 16.5. The highest BCUT2D eigenvalue weighted by molar-refractivity contribution is 8.00. The first-order valence-corrected chi connectivity index (χ1v) is 9.71. The Morgan fingerprint density at radius 3 is 2.69 bits per heavy atom. The van der Waals surface area contributed by atoms with E-state index in [1.807, 2.05) is 44.2 Å². The van der Waals surface area contributed by atoms with Gasteiger partial charge in [0.05, 0.1) is 18.9 Å². The predicted octanol–water partition coefficient (Wildman–Crippen LogP) is 4.51. The Balaban J connectivity index is 1.68. The van der Waals surface area contributed by atoms with Crippen LogP contribution in [-0.4, -0.2) is 24.4 Å². The molecule has 3 rings (SSSR count). The molecule has 1 heterocycles. The monoisotopic (exact) mass is 371 g/mol. The number of fused-ring (bicyclic) bond motifs is 1. The van der Waals surface area contributed by atoms with Crippen molar-refractivity contribution in [3.8, 4) is 11.5 Å². The maximum Gasteiger partial charge on any atom is 0.230 e. The van der Waals surface area contributed by atoms with Crippen LogP contribution in [0.3, 0.4) is 0 Å². The van der Waals surface area contributed by atoms with Crippen LogP contribution in [-0.2, 0) is 4.79 Å². The summed E-state index contributed by atoms with van der Waals surface area (Å²) in [5.74, 6) is 1.95. The van der Waals surface area contributed by atoms with E-state index in [1.54, 1.807) is 18.9 Å². The minimum absolute atomic E-state index is 0.0278. The molecule has 0 saturated heterocycles. The third-order valence-electron chi connectivity index (χ3n) is 4.40. The van der Waals surface area contributed by atoms with Gasteiger partial charge >= 0.3 is 0 Å². The van der Waals surface area contributed by atoms with Gasteiger partial charge in [0.25, 0.3) is 0 Å². The lowest BCUT2D eigenvalue weighted by molar-refractivity contribution is -0.119. The van der Waals surface area contributed by atoms with Crippen molar-refractivity contribution < 1.29 is 14.3 Å². The molecule has 5 heteroatoms. The van der Waals surface area contributed by atoms with Crippen LogP contribution in [0.5, 0.6) is 11.5 Å². The smallest absolute Gasteiger partial charge is 0.230 e. The number of hydrogen-bond acceptors (Lipinski definition) is 4. The number of methoxy groups -OCH3 is 1. The zero-order chi connectivity index (χ0) is 18.7. The van der Waals surface area contributed by atoms with E-state index in [2.05, 4.69) is 24.4 Å². The van der Waals surface area contributed by atoms with Gasteiger partial charge in [0.1, 0.15) is 17.1 Å². The molecule has 1 atom stereocenters. The van der Waals surface area contributed by atoms with Crippen molar-refractivity contribution in [2.75, 3.05) is 12.9 Å². The molecule has 0 saturated carbocycles. The summed E-state index contributed by atoms with van der Waals surface area (Å²) in [4.78, 5) is 13.6. The highest BCUT2D eigenvalue weighted by Crippen LogP contribution is 2.41. The van der Waals surface area contributed by atoms with Gasteiger partial charge in [-0.2, -0.15) is 0 Å². The quantitative estimate of drug-likeness (QED) is 0.786. The molecule has 0 aliphatic carbocycles. The van der Waals surface area contributed by atoms with E-state index >= 15 is 0 Å². The van der Waals surface area contributed by atoms with Crippen molar-refractivity contribution in [2.24, 2.45) is 0 Å². The summed E-state index contributed by atoms with van der Waals surface area (Å²) < 4.78 is 11.4. The van der Waals surface area contributed by atoms with Crippen LogP contribution >= 0.6 is 11.8 Å². The van der Waals surface area contributed by atoms with Gasteiger partial charge in [-0.15, -0.1) is 11.8 Å². The highest BCUT2D eigenvalue weighted by Gasteiger charge is 2.34. The number of benzene rings is 2. The Kier molecular flexibility index (Phi) is 5.47. The normalized spacial score (nSPS) is 17.8. The van der Waals surface area contributed by atoms with Crippen LogP contribution in [0.2, 0.25) is 0 Å². The second kappa shape index (κ2) is 7.62. The molecule has 4 nitrogen and oxygen atoms in total. The van der Waals surface area contributed by atoms with Crippen molar-refractivity contribution in [3.05, 3.63) is 53.6 Å². The summed E-state index contributed by atoms with van der Waals surface area (Å²) in [6.07, 6.45) is 0.729. The molecular weight excluding hydrogens is 346 g/mol. The number of amides is 1. The Morgan fingerprint density at radius 2 is 2.00 bits per heavy atom. The summed E-state index contributed by atoms with van der Waals surface area (Å²) >= 11 is 1.55. The summed E-state index contributed by atoms with van der Waals surface area (Å²) in [5.41, 5.74) is 1.87. The van der Waals surface area contributed by atoms with Crippen molar-refractivity contribution in [2.45, 2.75) is 43.7 Å². The van der Waals surface area contributed by atoms with Crippen molar-refractivity contribution in [1.82, 2.24) is 5.32 Å². The second-order valence-corrected chi connectivity index (χ2v) is 8.24. The van der Waals surface area contributed by atoms with E-state index in [-0.39, 0.29) is 17.6 Å². The standard InChI is InChI=1S/C21H25NO3S/c1-14-5-8-16(9-6-14)26-13-20(23)22-18-12-21(2,3)25-19-11-15(24-4)7-10-17(18)19/h5-11,18H,12-13H2,1-4H3,(H,22,23)/t18-/m1/s1. The van der Waals surface area contributed by atoms with Gasteiger partial charge in [0, 0.05) is 22.9 Å². The lowest BCUT2D eigenvalue weighted by atomic mass is 9.89. The molecule has 1 aliphatic rings. The number of carbonyl (C=O) groups excluding carboxylic acids is 1. The second-order valence-electron chi connectivity index (χ2n) is 7.19. The van der Waals surface area contributed by atoms with E-state index in [1.165, 1.54) is 5.56 Å². The van der Waals surface area contributed by atoms with Gasteiger partial charge in [-0.3, -0.25) is 4.79 Å². The number of carbonyl (C=O) groups is 1. The molecule has 1 amide bonds. The van der Waals surface area contributed by atoms with E-state index in [4.69, 9.17) is 9.47 Å². The molecule has 0 bridgehead atoms. The molecule has 0 fully saturated rings. The number of thioether (sulfide) groups is 1. The molecule has 0 radical (unpaired) electrons. The first-order chi connectivity index (χ1) is 12.4. The van der Waals surface area contributed by atoms with Gasteiger partial charge in [0.15, 0.2) is 0 Å². The Morgan fingerprint density at radius 1 is 1.27 bits per heavy atom. The fraction of sp³-hybridized carbons (Fsp3) is 0.381. The van der Waals surface area contributed by atoms with Gasteiger partial charge in [-0.25, -0.2) is 0 Å². The minimum atomic E-state index is -0.346. The Hall–Kier alpha value is -2.14. The molecule has 0 aromatic heterocycles. The van der Waals surface area contributed by atoms with Crippen molar-refractivity contribution in [3.63, 3.8) is 0 Å². The first kappa shape index (κ1) is 18.6. The van der Waals surface area contributed by atoms with Crippen LogP contribution in [0, 0.1) is 6.92 Å². The van der Waals surface area contributed by atoms with Crippen LogP contribution in [0.15, 0.2) is 47.4 Å². The van der Waals surface area contributed by atoms with E-state index in [0.29, 0.717) is 5.75 Å². The number of rotatable bonds is 5. The summed E-state index contributed by atoms with van der Waals surface area (Å²) in [6, 6.07) is 13.9. The minimum Gasteiger partial charge on any atom is -0.497 e. The summed E-state index contributed by atoms with van der Waals surface area (Å²) in [5, 5.41) is 3.17. The fourth-order valence-electron chi connectivity index (χ4n) is 3.11. The number of aryl methyl sites for hydroxylation is 1. The number of nitrogens with one attached hydrogen (secondary N) is 1. The molecule has 1 aliphatic heterocycles. The summed E-state index contributed by atoms with van der Waals surface area (Å²) in [7, 11) is 1.64. The van der Waals surface area contributed by atoms with Gasteiger partial charge in [0.2, 0.25) is 5.91 Å². The van der Waals surface area contributed by atoms with E-state index < -0.39 is 0 Å². The molecule has 2 aromatic rings. The van der Waals surface area contributed by atoms with Crippen molar-refractivity contribution >= 4 is 17.7 Å². The maximum absolute atomic E-state index is 12.5. The largest absolute Gasteiger partial charge is 0.497 e.